The molecule has 1 amide bonds. The molecule has 1 rings (SSSR count). The molecule has 84 valence electrons. The molecule has 0 saturated heterocycles. The molecule has 1 aromatic heterocycles. The van der Waals surface area contributed by atoms with Crippen molar-refractivity contribution >= 4 is 37.8 Å². The third kappa shape index (κ3) is 3.65. The van der Waals surface area contributed by atoms with E-state index in [1.165, 1.54) is 0 Å². The number of nitrogens with zero attached hydrogens (tertiary/aromatic N) is 1. The van der Waals surface area contributed by atoms with Crippen molar-refractivity contribution in [2.45, 2.75) is 24.7 Å². The number of carbonyl (C=O) groups is 1. The molecule has 15 heavy (non-hydrogen) atoms. The maximum atomic E-state index is 11.8. The molecule has 0 aliphatic heterocycles. The molecule has 0 atom stereocenters. The first-order valence-corrected chi connectivity index (χ1v) is 6.08. The van der Waals surface area contributed by atoms with E-state index in [1.807, 2.05) is 26.0 Å². The topological polar surface area (TPSA) is 33.5 Å². The number of hydrogen-bond donors (Lipinski definition) is 0. The molecule has 0 spiro atoms. The van der Waals surface area contributed by atoms with Crippen molar-refractivity contribution in [2.24, 2.45) is 0 Å². The van der Waals surface area contributed by atoms with Gasteiger partial charge in [-0.2, -0.15) is 0 Å². The first-order valence-electron chi connectivity index (χ1n) is 4.49. The van der Waals surface area contributed by atoms with Gasteiger partial charge in [0, 0.05) is 7.05 Å². The third-order valence-corrected chi connectivity index (χ3v) is 2.64. The minimum absolute atomic E-state index is 0.0232. The highest BCUT2D eigenvalue weighted by Crippen LogP contribution is 2.21. The zero-order chi connectivity index (χ0) is 11.6. The molecule has 0 N–H and O–H groups in total. The second-order valence-corrected chi connectivity index (χ2v) is 6.60. The molecule has 3 nitrogen and oxygen atoms in total. The monoisotopic (exact) mass is 337 g/mol. The van der Waals surface area contributed by atoms with Gasteiger partial charge < -0.3 is 9.32 Å². The summed E-state index contributed by atoms with van der Waals surface area (Å²) < 4.78 is 5.47. The molecule has 1 heterocycles. The lowest BCUT2D eigenvalue weighted by Gasteiger charge is -2.23. The lowest BCUT2D eigenvalue weighted by Crippen LogP contribution is -2.38. The molecule has 0 saturated carbocycles. The van der Waals surface area contributed by atoms with Crippen LogP contribution in [0.25, 0.3) is 0 Å². The highest BCUT2D eigenvalue weighted by Gasteiger charge is 2.27. The van der Waals surface area contributed by atoms with Crippen LogP contribution in [0.15, 0.2) is 21.2 Å². The Morgan fingerprint density at radius 3 is 2.53 bits per heavy atom. The van der Waals surface area contributed by atoms with E-state index >= 15 is 0 Å². The second-order valence-electron chi connectivity index (χ2n) is 3.84. The van der Waals surface area contributed by atoms with Gasteiger partial charge in [-0.25, -0.2) is 0 Å². The summed E-state index contributed by atoms with van der Waals surface area (Å²) in [6, 6.07) is 3.65. The highest BCUT2D eigenvalue weighted by molar-refractivity contribution is 9.10. The van der Waals surface area contributed by atoms with Crippen LogP contribution in [0.3, 0.4) is 0 Å². The van der Waals surface area contributed by atoms with Gasteiger partial charge in [0.1, 0.15) is 5.76 Å². The minimum atomic E-state index is -0.536. The normalized spacial score (nSPS) is 11.5. The first-order chi connectivity index (χ1) is 6.80. The SMILES string of the molecule is CN(Cc1ccc(Br)o1)C(=O)C(C)(C)Br. The molecule has 0 radical (unpaired) electrons. The summed E-state index contributed by atoms with van der Waals surface area (Å²) in [6.07, 6.45) is 0. The summed E-state index contributed by atoms with van der Waals surface area (Å²) in [5.41, 5.74) is 0. The number of amides is 1. The van der Waals surface area contributed by atoms with Crippen molar-refractivity contribution in [3.63, 3.8) is 0 Å². The van der Waals surface area contributed by atoms with Crippen LogP contribution in [0.5, 0.6) is 0 Å². The van der Waals surface area contributed by atoms with E-state index < -0.39 is 4.32 Å². The summed E-state index contributed by atoms with van der Waals surface area (Å²) in [5, 5.41) is 0. The average molecular weight is 339 g/mol. The third-order valence-electron chi connectivity index (χ3n) is 1.88. The Labute approximate surface area is 106 Å². The van der Waals surface area contributed by atoms with E-state index in [2.05, 4.69) is 31.9 Å². The summed E-state index contributed by atoms with van der Waals surface area (Å²) in [6.45, 7) is 4.12. The maximum absolute atomic E-state index is 11.8. The van der Waals surface area contributed by atoms with Crippen molar-refractivity contribution in [1.82, 2.24) is 4.90 Å². The summed E-state index contributed by atoms with van der Waals surface area (Å²) in [5.74, 6) is 0.782. The summed E-state index contributed by atoms with van der Waals surface area (Å²) in [7, 11) is 1.75. The predicted octanol–water partition coefficient (Wildman–Crippen LogP) is 3.17. The fraction of sp³-hybridized carbons (Fsp3) is 0.500. The fourth-order valence-corrected chi connectivity index (χ4v) is 1.84. The Balaban J connectivity index is 2.64. The number of furan rings is 1. The zero-order valence-corrected chi connectivity index (χ0v) is 12.1. The van der Waals surface area contributed by atoms with Crippen LogP contribution in [-0.2, 0) is 11.3 Å². The minimum Gasteiger partial charge on any atom is -0.452 e. The van der Waals surface area contributed by atoms with Crippen LogP contribution in [0.1, 0.15) is 19.6 Å². The fourth-order valence-electron chi connectivity index (χ4n) is 1.20. The second kappa shape index (κ2) is 4.70. The molecule has 0 unspecified atom stereocenters. The molecule has 0 bridgehead atoms. The summed E-state index contributed by atoms with van der Waals surface area (Å²) in [4.78, 5) is 13.4. The zero-order valence-electron chi connectivity index (χ0n) is 8.88. The molecule has 5 heteroatoms. The van der Waals surface area contributed by atoms with Crippen LogP contribution >= 0.6 is 31.9 Å². The van der Waals surface area contributed by atoms with Crippen LogP contribution in [0.2, 0.25) is 0 Å². The molecule has 0 aliphatic carbocycles. The van der Waals surface area contributed by atoms with Gasteiger partial charge in [0.2, 0.25) is 5.91 Å². The number of rotatable bonds is 3. The van der Waals surface area contributed by atoms with Gasteiger partial charge in [0.15, 0.2) is 4.67 Å². The van der Waals surface area contributed by atoms with E-state index in [0.717, 1.165) is 5.76 Å². The van der Waals surface area contributed by atoms with Gasteiger partial charge >= 0.3 is 0 Å². The van der Waals surface area contributed by atoms with Gasteiger partial charge in [0.05, 0.1) is 10.9 Å². The van der Waals surface area contributed by atoms with Crippen molar-refractivity contribution in [3.8, 4) is 0 Å². The number of alkyl halides is 1. The van der Waals surface area contributed by atoms with Crippen LogP contribution in [0.4, 0.5) is 0 Å². The predicted molar refractivity (Wildman–Crippen MR) is 65.9 cm³/mol. The molecule has 1 aromatic rings. The first kappa shape index (κ1) is 12.8. The Kier molecular flexibility index (Phi) is 4.00. The Morgan fingerprint density at radius 2 is 2.13 bits per heavy atom. The van der Waals surface area contributed by atoms with E-state index in [-0.39, 0.29) is 5.91 Å². The molecule has 0 aromatic carbocycles. The number of carbonyl (C=O) groups excluding carboxylic acids is 1. The molecule has 0 aliphatic rings. The van der Waals surface area contributed by atoms with Crippen molar-refractivity contribution in [1.29, 1.82) is 0 Å². The molecule has 0 fully saturated rings. The lowest BCUT2D eigenvalue weighted by molar-refractivity contribution is -0.132. The van der Waals surface area contributed by atoms with E-state index in [4.69, 9.17) is 4.42 Å². The Hall–Kier alpha value is -0.290. The maximum Gasteiger partial charge on any atom is 0.239 e. The van der Waals surface area contributed by atoms with E-state index in [1.54, 1.807) is 11.9 Å². The molecular weight excluding hydrogens is 326 g/mol. The Morgan fingerprint density at radius 1 is 1.53 bits per heavy atom. The van der Waals surface area contributed by atoms with E-state index in [9.17, 15) is 4.79 Å². The van der Waals surface area contributed by atoms with Gasteiger partial charge in [-0.1, -0.05) is 15.9 Å². The largest absolute Gasteiger partial charge is 0.452 e. The van der Waals surface area contributed by atoms with Crippen molar-refractivity contribution in [2.75, 3.05) is 7.05 Å². The number of hydrogen-bond acceptors (Lipinski definition) is 2. The van der Waals surface area contributed by atoms with Crippen molar-refractivity contribution < 1.29 is 9.21 Å². The van der Waals surface area contributed by atoms with Gasteiger partial charge in [0.25, 0.3) is 0 Å². The van der Waals surface area contributed by atoms with E-state index in [0.29, 0.717) is 11.2 Å². The Bertz CT molecular complexity index is 355. The highest BCUT2D eigenvalue weighted by atomic mass is 79.9. The van der Waals surface area contributed by atoms with Crippen LogP contribution < -0.4 is 0 Å². The number of halogens is 2. The van der Waals surface area contributed by atoms with Crippen LogP contribution in [-0.4, -0.2) is 22.2 Å². The average Bonchev–Trinajstić information content (AvgIpc) is 2.48. The quantitative estimate of drug-likeness (QED) is 0.793. The van der Waals surface area contributed by atoms with Gasteiger partial charge in [-0.15, -0.1) is 0 Å². The smallest absolute Gasteiger partial charge is 0.239 e. The van der Waals surface area contributed by atoms with Gasteiger partial charge in [-0.05, 0) is 41.9 Å². The van der Waals surface area contributed by atoms with Crippen LogP contribution in [0, 0.1) is 0 Å². The molecular formula is C10H13Br2NO2. The summed E-state index contributed by atoms with van der Waals surface area (Å²) >= 11 is 6.55. The lowest BCUT2D eigenvalue weighted by atomic mass is 10.2. The van der Waals surface area contributed by atoms with Crippen molar-refractivity contribution in [3.05, 3.63) is 22.6 Å². The standard InChI is InChI=1S/C10H13Br2NO2/c1-10(2,12)9(14)13(3)6-7-4-5-8(11)15-7/h4-5H,6H2,1-3H3. The van der Waals surface area contributed by atoms with Gasteiger partial charge in [-0.3, -0.25) is 4.79 Å².